The molecule has 1 aromatic rings. The number of hydrogen-bond donors (Lipinski definition) is 2. The molecule has 0 aromatic heterocycles. The van der Waals surface area contributed by atoms with Gasteiger partial charge in [-0.2, -0.15) is 0 Å². The Kier molecular flexibility index (Phi) is 7.72. The van der Waals surface area contributed by atoms with Crippen molar-refractivity contribution in [1.29, 1.82) is 0 Å². The van der Waals surface area contributed by atoms with Crippen LogP contribution in [0.4, 0.5) is 0 Å². The van der Waals surface area contributed by atoms with E-state index in [0.29, 0.717) is 6.04 Å². The summed E-state index contributed by atoms with van der Waals surface area (Å²) < 4.78 is 0. The Labute approximate surface area is 117 Å². The van der Waals surface area contributed by atoms with Gasteiger partial charge in [-0.3, -0.25) is 0 Å². The molecule has 108 valence electrons. The first-order valence-corrected chi connectivity index (χ1v) is 7.28. The molecule has 0 bridgehead atoms. The van der Waals surface area contributed by atoms with E-state index in [0.717, 1.165) is 32.5 Å². The quantitative estimate of drug-likeness (QED) is 0.719. The fourth-order valence-electron chi connectivity index (χ4n) is 2.28. The first-order valence-electron chi connectivity index (χ1n) is 7.28. The van der Waals surface area contributed by atoms with Gasteiger partial charge in [-0.15, -0.1) is 0 Å². The average molecular weight is 264 g/mol. The molecule has 0 amide bonds. The molecule has 0 aliphatic carbocycles. The van der Waals surface area contributed by atoms with Gasteiger partial charge in [0.2, 0.25) is 0 Å². The second-order valence-electron chi connectivity index (χ2n) is 5.32. The minimum absolute atomic E-state index is 0.260. The zero-order valence-corrected chi connectivity index (χ0v) is 12.5. The Bertz CT molecular complexity index is 327. The molecule has 2 atom stereocenters. The first-order chi connectivity index (χ1) is 9.13. The molecule has 0 heterocycles. The van der Waals surface area contributed by atoms with Gasteiger partial charge in [-0.05, 0) is 45.5 Å². The summed E-state index contributed by atoms with van der Waals surface area (Å²) >= 11 is 0. The van der Waals surface area contributed by atoms with E-state index < -0.39 is 0 Å². The molecule has 0 aliphatic heterocycles. The van der Waals surface area contributed by atoms with Crippen molar-refractivity contribution in [2.75, 3.05) is 26.7 Å². The maximum atomic E-state index is 9.39. The largest absolute Gasteiger partial charge is 0.392 e. The lowest BCUT2D eigenvalue weighted by Crippen LogP contribution is -2.31. The van der Waals surface area contributed by atoms with Gasteiger partial charge in [0.05, 0.1) is 6.10 Å². The number of aliphatic hydroxyl groups is 1. The predicted molar refractivity (Wildman–Crippen MR) is 81.3 cm³/mol. The summed E-state index contributed by atoms with van der Waals surface area (Å²) in [7, 11) is 2.06. The van der Waals surface area contributed by atoms with Crippen molar-refractivity contribution in [1.82, 2.24) is 10.2 Å². The van der Waals surface area contributed by atoms with E-state index in [-0.39, 0.29) is 6.10 Å². The third-order valence-corrected chi connectivity index (χ3v) is 3.22. The van der Waals surface area contributed by atoms with Gasteiger partial charge in [-0.1, -0.05) is 37.3 Å². The van der Waals surface area contributed by atoms with E-state index in [1.165, 1.54) is 5.56 Å². The van der Waals surface area contributed by atoms with Gasteiger partial charge in [0.25, 0.3) is 0 Å². The molecule has 3 heteroatoms. The SMILES string of the molecule is CCCNC(CCN(C)CC(C)O)c1ccccc1. The first kappa shape index (κ1) is 16.2. The molecule has 2 N–H and O–H groups in total. The summed E-state index contributed by atoms with van der Waals surface area (Å²) in [6, 6.07) is 11.0. The maximum absolute atomic E-state index is 9.39. The van der Waals surface area contributed by atoms with Crippen LogP contribution in [0.1, 0.15) is 38.3 Å². The lowest BCUT2D eigenvalue weighted by Gasteiger charge is -2.23. The summed E-state index contributed by atoms with van der Waals surface area (Å²) in [5.74, 6) is 0. The third kappa shape index (κ3) is 6.71. The highest BCUT2D eigenvalue weighted by Crippen LogP contribution is 2.16. The van der Waals surface area contributed by atoms with E-state index in [4.69, 9.17) is 0 Å². The van der Waals surface area contributed by atoms with Crippen molar-refractivity contribution in [3.05, 3.63) is 35.9 Å². The molecule has 0 fully saturated rings. The van der Waals surface area contributed by atoms with Crippen LogP contribution in [0, 0.1) is 0 Å². The van der Waals surface area contributed by atoms with Crippen LogP contribution in [0.15, 0.2) is 30.3 Å². The second kappa shape index (κ2) is 9.08. The molecule has 0 spiro atoms. The van der Waals surface area contributed by atoms with Crippen LogP contribution < -0.4 is 5.32 Å². The van der Waals surface area contributed by atoms with Crippen molar-refractivity contribution in [2.45, 2.75) is 38.8 Å². The number of nitrogens with one attached hydrogen (secondary N) is 1. The number of aliphatic hydroxyl groups excluding tert-OH is 1. The van der Waals surface area contributed by atoms with Crippen molar-refractivity contribution >= 4 is 0 Å². The summed E-state index contributed by atoms with van der Waals surface area (Å²) in [6.07, 6.45) is 1.95. The van der Waals surface area contributed by atoms with Gasteiger partial charge in [0.15, 0.2) is 0 Å². The van der Waals surface area contributed by atoms with Gasteiger partial charge in [0.1, 0.15) is 0 Å². The minimum Gasteiger partial charge on any atom is -0.392 e. The lowest BCUT2D eigenvalue weighted by molar-refractivity contribution is 0.139. The standard InChI is InChI=1S/C16H28N2O/c1-4-11-17-16(15-8-6-5-7-9-15)10-12-18(3)13-14(2)19/h5-9,14,16-17,19H,4,10-13H2,1-3H3. The number of benzene rings is 1. The van der Waals surface area contributed by atoms with Gasteiger partial charge >= 0.3 is 0 Å². The molecule has 19 heavy (non-hydrogen) atoms. The monoisotopic (exact) mass is 264 g/mol. The van der Waals surface area contributed by atoms with Crippen LogP contribution >= 0.6 is 0 Å². The van der Waals surface area contributed by atoms with Crippen molar-refractivity contribution in [2.24, 2.45) is 0 Å². The van der Waals surface area contributed by atoms with Crippen LogP contribution in [0.25, 0.3) is 0 Å². The van der Waals surface area contributed by atoms with E-state index in [1.54, 1.807) is 0 Å². The normalized spacial score (nSPS) is 14.6. The van der Waals surface area contributed by atoms with Crippen LogP contribution in [0.2, 0.25) is 0 Å². The zero-order valence-electron chi connectivity index (χ0n) is 12.5. The summed E-state index contributed by atoms with van der Waals surface area (Å²) in [5.41, 5.74) is 1.35. The third-order valence-electron chi connectivity index (χ3n) is 3.22. The van der Waals surface area contributed by atoms with Gasteiger partial charge < -0.3 is 15.3 Å². The molecule has 3 nitrogen and oxygen atoms in total. The van der Waals surface area contributed by atoms with Crippen LogP contribution in [0.3, 0.4) is 0 Å². The summed E-state index contributed by atoms with van der Waals surface area (Å²) in [5, 5.41) is 13.0. The molecule has 0 aliphatic rings. The molecular weight excluding hydrogens is 236 g/mol. The second-order valence-corrected chi connectivity index (χ2v) is 5.32. The molecule has 0 radical (unpaired) electrons. The summed E-state index contributed by atoms with van der Waals surface area (Å²) in [6.45, 7) is 6.78. The smallest absolute Gasteiger partial charge is 0.0638 e. The highest BCUT2D eigenvalue weighted by atomic mass is 16.3. The van der Waals surface area contributed by atoms with Crippen LogP contribution in [-0.4, -0.2) is 42.8 Å². The van der Waals surface area contributed by atoms with Crippen molar-refractivity contribution in [3.8, 4) is 0 Å². The van der Waals surface area contributed by atoms with Crippen LogP contribution in [-0.2, 0) is 0 Å². The Morgan fingerprint density at radius 3 is 2.53 bits per heavy atom. The number of rotatable bonds is 9. The van der Waals surface area contributed by atoms with E-state index in [9.17, 15) is 5.11 Å². The molecule has 2 unspecified atom stereocenters. The minimum atomic E-state index is -0.260. The highest BCUT2D eigenvalue weighted by Gasteiger charge is 2.12. The molecule has 0 saturated carbocycles. The Balaban J connectivity index is 2.50. The van der Waals surface area contributed by atoms with E-state index in [2.05, 4.69) is 54.5 Å². The van der Waals surface area contributed by atoms with Crippen LogP contribution in [0.5, 0.6) is 0 Å². The fourth-order valence-corrected chi connectivity index (χ4v) is 2.28. The molecule has 1 rings (SSSR count). The molecular formula is C16H28N2O. The van der Waals surface area contributed by atoms with Crippen molar-refractivity contribution in [3.63, 3.8) is 0 Å². The predicted octanol–water partition coefficient (Wildman–Crippen LogP) is 2.43. The van der Waals surface area contributed by atoms with Crippen molar-refractivity contribution < 1.29 is 5.11 Å². The Morgan fingerprint density at radius 2 is 1.95 bits per heavy atom. The van der Waals surface area contributed by atoms with E-state index >= 15 is 0 Å². The van der Waals surface area contributed by atoms with Gasteiger partial charge in [-0.25, -0.2) is 0 Å². The average Bonchev–Trinajstić information content (AvgIpc) is 2.39. The molecule has 0 saturated heterocycles. The summed E-state index contributed by atoms with van der Waals surface area (Å²) in [4.78, 5) is 2.19. The lowest BCUT2D eigenvalue weighted by atomic mass is 10.0. The van der Waals surface area contributed by atoms with E-state index in [1.807, 2.05) is 6.92 Å². The van der Waals surface area contributed by atoms with Gasteiger partial charge in [0, 0.05) is 12.6 Å². The maximum Gasteiger partial charge on any atom is 0.0638 e. The zero-order chi connectivity index (χ0) is 14.1. The fraction of sp³-hybridized carbons (Fsp3) is 0.625. The number of likely N-dealkylation sites (N-methyl/N-ethyl adjacent to an activating group) is 1. The Morgan fingerprint density at radius 1 is 1.26 bits per heavy atom. The number of nitrogens with zero attached hydrogens (tertiary/aromatic N) is 1. The molecule has 1 aromatic carbocycles. The Hall–Kier alpha value is -0.900. The highest BCUT2D eigenvalue weighted by molar-refractivity contribution is 5.18. The number of hydrogen-bond acceptors (Lipinski definition) is 3. The topological polar surface area (TPSA) is 35.5 Å².